The van der Waals surface area contributed by atoms with Gasteiger partial charge in [0.25, 0.3) is 5.69 Å². The number of carbonyl (C=O) groups is 2. The maximum Gasteiger partial charge on any atom is 0.337 e. The molecule has 0 fully saturated rings. The Hall–Kier alpha value is -2.87. The highest BCUT2D eigenvalue weighted by molar-refractivity contribution is 8.00. The predicted molar refractivity (Wildman–Crippen MR) is 98.0 cm³/mol. The van der Waals surface area contributed by atoms with E-state index < -0.39 is 10.9 Å². The normalized spacial score (nSPS) is 11.5. The average Bonchev–Trinajstić information content (AvgIpc) is 2.66. The lowest BCUT2D eigenvalue weighted by Crippen LogP contribution is -2.30. The van der Waals surface area contributed by atoms with E-state index >= 15 is 0 Å². The van der Waals surface area contributed by atoms with Crippen LogP contribution in [0.15, 0.2) is 53.4 Å². The van der Waals surface area contributed by atoms with Crippen molar-refractivity contribution >= 4 is 29.3 Å². The first-order chi connectivity index (χ1) is 12.4. The van der Waals surface area contributed by atoms with Crippen molar-refractivity contribution in [2.45, 2.75) is 23.6 Å². The van der Waals surface area contributed by atoms with Crippen LogP contribution in [0.5, 0.6) is 0 Å². The van der Waals surface area contributed by atoms with Crippen LogP contribution in [-0.4, -0.2) is 29.2 Å². The number of nitrogens with one attached hydrogen (secondary N) is 1. The van der Waals surface area contributed by atoms with Gasteiger partial charge in [0, 0.05) is 23.6 Å². The van der Waals surface area contributed by atoms with E-state index in [0.29, 0.717) is 12.1 Å². The number of hydrogen-bond acceptors (Lipinski definition) is 6. The molecule has 8 heteroatoms. The summed E-state index contributed by atoms with van der Waals surface area (Å²) in [5.74, 6) is -0.556. The van der Waals surface area contributed by atoms with Crippen LogP contribution in [0.1, 0.15) is 22.8 Å². The monoisotopic (exact) mass is 374 g/mol. The molecule has 0 aliphatic heterocycles. The largest absolute Gasteiger partial charge is 0.465 e. The van der Waals surface area contributed by atoms with Gasteiger partial charge in [-0.3, -0.25) is 14.9 Å². The predicted octanol–water partition coefficient (Wildman–Crippen LogP) is 3.18. The first-order valence-electron chi connectivity index (χ1n) is 7.77. The lowest BCUT2D eigenvalue weighted by molar-refractivity contribution is -0.384. The van der Waals surface area contributed by atoms with Crippen molar-refractivity contribution in [1.29, 1.82) is 0 Å². The number of carbonyl (C=O) groups excluding carboxylic acids is 2. The number of amides is 1. The number of benzene rings is 2. The molecule has 0 spiro atoms. The fourth-order valence-electron chi connectivity index (χ4n) is 2.11. The minimum atomic E-state index is -0.462. The Morgan fingerprint density at radius 2 is 1.77 bits per heavy atom. The number of ether oxygens (including phenoxy) is 1. The van der Waals surface area contributed by atoms with Crippen LogP contribution >= 0.6 is 11.8 Å². The Bertz CT molecular complexity index is 790. The van der Waals surface area contributed by atoms with E-state index in [1.54, 1.807) is 43.3 Å². The Balaban J connectivity index is 1.86. The third-order valence-electron chi connectivity index (χ3n) is 3.57. The minimum Gasteiger partial charge on any atom is -0.465 e. The van der Waals surface area contributed by atoms with Gasteiger partial charge in [-0.15, -0.1) is 11.8 Å². The zero-order valence-corrected chi connectivity index (χ0v) is 15.1. The zero-order chi connectivity index (χ0) is 19.1. The summed E-state index contributed by atoms with van der Waals surface area (Å²) in [6, 6.07) is 12.9. The van der Waals surface area contributed by atoms with Crippen LogP contribution in [0.25, 0.3) is 0 Å². The molecular formula is C18H18N2O5S. The van der Waals surface area contributed by atoms with Crippen LogP contribution in [-0.2, 0) is 16.1 Å². The number of non-ortho nitro benzene ring substituents is 1. The molecule has 0 aromatic heterocycles. The molecule has 2 rings (SSSR count). The first-order valence-corrected chi connectivity index (χ1v) is 8.64. The highest BCUT2D eigenvalue weighted by atomic mass is 32.2. The van der Waals surface area contributed by atoms with E-state index in [0.717, 1.165) is 10.5 Å². The van der Waals surface area contributed by atoms with Crippen LogP contribution < -0.4 is 5.32 Å². The van der Waals surface area contributed by atoms with Gasteiger partial charge in [-0.2, -0.15) is 0 Å². The van der Waals surface area contributed by atoms with E-state index in [1.807, 2.05) is 0 Å². The highest BCUT2D eigenvalue weighted by Gasteiger charge is 2.15. The van der Waals surface area contributed by atoms with Gasteiger partial charge in [0.1, 0.15) is 0 Å². The molecule has 0 unspecified atom stereocenters. The second-order valence-corrected chi connectivity index (χ2v) is 6.83. The first kappa shape index (κ1) is 19.5. The molecule has 2 aromatic carbocycles. The van der Waals surface area contributed by atoms with Crippen LogP contribution in [0, 0.1) is 10.1 Å². The van der Waals surface area contributed by atoms with E-state index in [-0.39, 0.29) is 16.8 Å². The van der Waals surface area contributed by atoms with Gasteiger partial charge in [-0.05, 0) is 36.8 Å². The number of nitro benzene ring substituents is 1. The third-order valence-corrected chi connectivity index (χ3v) is 4.68. The van der Waals surface area contributed by atoms with Gasteiger partial charge in [0.15, 0.2) is 0 Å². The van der Waals surface area contributed by atoms with Crippen LogP contribution in [0.2, 0.25) is 0 Å². The Labute approximate surface area is 154 Å². The second-order valence-electron chi connectivity index (χ2n) is 5.42. The summed E-state index contributed by atoms with van der Waals surface area (Å²) in [5, 5.41) is 13.1. The Morgan fingerprint density at radius 1 is 1.15 bits per heavy atom. The number of rotatable bonds is 7. The molecule has 0 bridgehead atoms. The second kappa shape index (κ2) is 9.00. The number of nitro groups is 1. The molecule has 1 atom stereocenters. The number of esters is 1. The number of methoxy groups -OCH3 is 1. The molecule has 0 radical (unpaired) electrons. The smallest absolute Gasteiger partial charge is 0.337 e. The summed E-state index contributed by atoms with van der Waals surface area (Å²) >= 11 is 1.32. The fraction of sp³-hybridized carbons (Fsp3) is 0.222. The van der Waals surface area contributed by atoms with Crippen molar-refractivity contribution in [3.8, 4) is 0 Å². The number of thioether (sulfide) groups is 1. The van der Waals surface area contributed by atoms with Gasteiger partial charge in [-0.1, -0.05) is 12.1 Å². The standard InChI is InChI=1S/C18H18N2O5S/c1-12(26-16-9-7-15(8-10-16)20(23)24)17(21)19-11-13-3-5-14(6-4-13)18(22)25-2/h3-10,12H,11H2,1-2H3,(H,19,21)/t12-/m0/s1. The molecule has 0 saturated heterocycles. The third kappa shape index (κ3) is 5.32. The quantitative estimate of drug-likeness (QED) is 0.346. The molecular weight excluding hydrogens is 356 g/mol. The summed E-state index contributed by atoms with van der Waals surface area (Å²) < 4.78 is 4.63. The molecule has 2 aromatic rings. The number of hydrogen-bond donors (Lipinski definition) is 1. The van der Waals surface area contributed by atoms with Crippen LogP contribution in [0.3, 0.4) is 0 Å². The van der Waals surface area contributed by atoms with Gasteiger partial charge in [0.05, 0.1) is 22.8 Å². The number of nitrogens with zero attached hydrogens (tertiary/aromatic N) is 1. The zero-order valence-electron chi connectivity index (χ0n) is 14.3. The molecule has 136 valence electrons. The lowest BCUT2D eigenvalue weighted by atomic mass is 10.1. The molecule has 7 nitrogen and oxygen atoms in total. The highest BCUT2D eigenvalue weighted by Crippen LogP contribution is 2.25. The summed E-state index contributed by atoms with van der Waals surface area (Å²) in [6.07, 6.45) is 0. The molecule has 1 N–H and O–H groups in total. The maximum atomic E-state index is 12.2. The van der Waals surface area contributed by atoms with E-state index in [9.17, 15) is 19.7 Å². The van der Waals surface area contributed by atoms with E-state index in [4.69, 9.17) is 0 Å². The van der Waals surface area contributed by atoms with Gasteiger partial charge in [0.2, 0.25) is 5.91 Å². The molecule has 0 heterocycles. The van der Waals surface area contributed by atoms with Crippen molar-refractivity contribution in [3.63, 3.8) is 0 Å². The molecule has 1 amide bonds. The van der Waals surface area contributed by atoms with Crippen LogP contribution in [0.4, 0.5) is 5.69 Å². The maximum absolute atomic E-state index is 12.2. The van der Waals surface area contributed by atoms with E-state index in [1.165, 1.54) is 31.0 Å². The Morgan fingerprint density at radius 3 is 2.31 bits per heavy atom. The summed E-state index contributed by atoms with van der Waals surface area (Å²) in [5.41, 5.74) is 1.32. The lowest BCUT2D eigenvalue weighted by Gasteiger charge is -2.12. The fourth-order valence-corrected chi connectivity index (χ4v) is 3.01. The summed E-state index contributed by atoms with van der Waals surface area (Å²) in [4.78, 5) is 34.5. The minimum absolute atomic E-state index is 0.0156. The van der Waals surface area contributed by atoms with Gasteiger partial charge >= 0.3 is 5.97 Å². The van der Waals surface area contributed by atoms with E-state index in [2.05, 4.69) is 10.1 Å². The molecule has 0 aliphatic carbocycles. The van der Waals surface area contributed by atoms with Crippen molar-refractivity contribution < 1.29 is 19.2 Å². The molecule has 0 aliphatic rings. The van der Waals surface area contributed by atoms with Crippen molar-refractivity contribution in [2.75, 3.05) is 7.11 Å². The van der Waals surface area contributed by atoms with Gasteiger partial charge in [-0.25, -0.2) is 4.79 Å². The molecule has 26 heavy (non-hydrogen) atoms. The Kier molecular flexibility index (Phi) is 6.74. The average molecular weight is 374 g/mol. The summed E-state index contributed by atoms with van der Waals surface area (Å²) in [7, 11) is 1.32. The van der Waals surface area contributed by atoms with Crippen molar-refractivity contribution in [3.05, 3.63) is 69.8 Å². The topological polar surface area (TPSA) is 98.5 Å². The SMILES string of the molecule is COC(=O)c1ccc(CNC(=O)[C@H](C)Sc2ccc([N+](=O)[O-])cc2)cc1. The van der Waals surface area contributed by atoms with Gasteiger partial charge < -0.3 is 10.1 Å². The van der Waals surface area contributed by atoms with Crippen molar-refractivity contribution in [1.82, 2.24) is 5.32 Å². The molecule has 0 saturated carbocycles. The van der Waals surface area contributed by atoms with Crippen molar-refractivity contribution in [2.24, 2.45) is 0 Å². The summed E-state index contributed by atoms with van der Waals surface area (Å²) in [6.45, 7) is 2.10.